The number of ketones is 2. The fraction of sp³-hybridized carbons (Fsp3) is 0.0750. The molecule has 2 aliphatic carbocycles. The molecule has 8 nitrogen and oxygen atoms in total. The van der Waals surface area contributed by atoms with Gasteiger partial charge in [0.2, 0.25) is 0 Å². The van der Waals surface area contributed by atoms with E-state index in [0.717, 1.165) is 55.7 Å². The lowest BCUT2D eigenvalue weighted by Crippen LogP contribution is -2.28. The summed E-state index contributed by atoms with van der Waals surface area (Å²) >= 11 is 0. The molecule has 0 spiro atoms. The molecule has 88 heavy (non-hydrogen) atoms. The number of methoxy groups -OCH3 is 2. The summed E-state index contributed by atoms with van der Waals surface area (Å²) in [5.41, 5.74) is 17.1. The molecule has 0 heterocycles. The van der Waals surface area contributed by atoms with Crippen LogP contribution in [-0.4, -0.2) is 37.7 Å². The predicted octanol–water partition coefficient (Wildman–Crippen LogP) is 17.8. The van der Waals surface area contributed by atoms with Crippen molar-refractivity contribution in [3.63, 3.8) is 0 Å². The van der Waals surface area contributed by atoms with Gasteiger partial charge in [0, 0.05) is 11.1 Å². The third-order valence-electron chi connectivity index (χ3n) is 17.2. The monoisotopic (exact) mass is 1150 g/mol. The number of carbonyl (C=O) groups excluding carboxylic acids is 4. The maximum Gasteiger partial charge on any atom is 0.343 e. The summed E-state index contributed by atoms with van der Waals surface area (Å²) in [7, 11) is 3.35. The first-order valence-corrected chi connectivity index (χ1v) is 29.1. The Morgan fingerprint density at radius 2 is 0.568 bits per heavy atom. The maximum absolute atomic E-state index is 13.2. The molecule has 2 aliphatic rings. The summed E-state index contributed by atoms with van der Waals surface area (Å²) in [5, 5.41) is 1.77. The number of hydrogen-bond acceptors (Lipinski definition) is 8. The molecule has 12 aromatic carbocycles. The van der Waals surface area contributed by atoms with E-state index in [9.17, 15) is 19.2 Å². The van der Waals surface area contributed by atoms with Gasteiger partial charge in [-0.3, -0.25) is 9.59 Å². The van der Waals surface area contributed by atoms with Crippen molar-refractivity contribution < 1.29 is 38.1 Å². The third kappa shape index (κ3) is 9.90. The smallest absolute Gasteiger partial charge is 0.343 e. The third-order valence-corrected chi connectivity index (χ3v) is 17.2. The van der Waals surface area contributed by atoms with Gasteiger partial charge in [0.15, 0.2) is 11.6 Å². The van der Waals surface area contributed by atoms with E-state index in [0.29, 0.717) is 33.8 Å². The van der Waals surface area contributed by atoms with Crippen LogP contribution in [0.4, 0.5) is 0 Å². The topological polar surface area (TPSA) is 105 Å². The van der Waals surface area contributed by atoms with E-state index in [4.69, 9.17) is 18.9 Å². The number of carbonyl (C=O) groups is 4. The number of Topliss-reactive ketones (excluding diaryl/α,β-unsaturated/α-hetero) is 2. The van der Waals surface area contributed by atoms with E-state index in [1.54, 1.807) is 58.4 Å². The van der Waals surface area contributed by atoms with E-state index in [1.165, 1.54) is 44.5 Å². The van der Waals surface area contributed by atoms with Crippen molar-refractivity contribution in [1.82, 2.24) is 0 Å². The van der Waals surface area contributed by atoms with Crippen molar-refractivity contribution in [2.24, 2.45) is 0 Å². The van der Waals surface area contributed by atoms with Gasteiger partial charge in [-0.05, 0) is 181 Å². The SMILES string of the molecule is COc1ccc(C2(c3ccc(OC(=O)c4ccc(-c5ccc(C(C)=O)cc5)cc4)cc3)c3ccccc3-c3ccccc32)cc1.COc1ccc(C2(c3ccc(OC(=O)c4ccc5cc(C(C)=O)ccc5c4)cc3)c3ccccc3-c3ccccc32)cc1. The first-order valence-electron chi connectivity index (χ1n) is 29.1. The highest BCUT2D eigenvalue weighted by Gasteiger charge is 2.47. The zero-order chi connectivity index (χ0) is 60.5. The molecule has 0 aromatic heterocycles. The number of esters is 2. The van der Waals surface area contributed by atoms with Crippen LogP contribution in [-0.2, 0) is 10.8 Å². The number of benzene rings is 12. The Morgan fingerprint density at radius 1 is 0.284 bits per heavy atom. The van der Waals surface area contributed by atoms with Gasteiger partial charge in [-0.25, -0.2) is 9.59 Å². The highest BCUT2D eigenvalue weighted by atomic mass is 16.5. The van der Waals surface area contributed by atoms with Crippen LogP contribution in [0.15, 0.2) is 279 Å². The first-order chi connectivity index (χ1) is 43.0. The molecule has 0 fully saturated rings. The number of fused-ring (bicyclic) bond motifs is 7. The molecule has 0 radical (unpaired) electrons. The lowest BCUT2D eigenvalue weighted by molar-refractivity contribution is 0.0725. The van der Waals surface area contributed by atoms with Gasteiger partial charge >= 0.3 is 11.9 Å². The summed E-state index contributed by atoms with van der Waals surface area (Å²) in [6, 6.07) is 92.0. The lowest BCUT2D eigenvalue weighted by Gasteiger charge is -2.34. The van der Waals surface area contributed by atoms with E-state index < -0.39 is 22.8 Å². The highest BCUT2D eigenvalue weighted by molar-refractivity contribution is 6.01. The second kappa shape index (κ2) is 23.3. The van der Waals surface area contributed by atoms with Crippen molar-refractivity contribution in [2.75, 3.05) is 14.2 Å². The molecule has 12 aromatic rings. The van der Waals surface area contributed by atoms with E-state index in [1.807, 2.05) is 103 Å². The van der Waals surface area contributed by atoms with E-state index in [2.05, 4.69) is 146 Å². The predicted molar refractivity (Wildman–Crippen MR) is 346 cm³/mol. The Kier molecular flexibility index (Phi) is 14.8. The molecule has 0 bridgehead atoms. The fourth-order valence-corrected chi connectivity index (χ4v) is 12.9. The van der Waals surface area contributed by atoms with Crippen molar-refractivity contribution >= 4 is 34.3 Å². The molecule has 0 amide bonds. The summed E-state index contributed by atoms with van der Waals surface area (Å²) in [6.45, 7) is 3.09. The minimum Gasteiger partial charge on any atom is -0.497 e. The summed E-state index contributed by atoms with van der Waals surface area (Å²) in [4.78, 5) is 49.6. The Labute approximate surface area is 510 Å². The van der Waals surface area contributed by atoms with Crippen LogP contribution >= 0.6 is 0 Å². The number of rotatable bonds is 13. The molecule has 0 N–H and O–H groups in total. The summed E-state index contributed by atoms with van der Waals surface area (Å²) in [5.74, 6) is 1.70. The van der Waals surface area contributed by atoms with Crippen LogP contribution in [0, 0.1) is 0 Å². The maximum atomic E-state index is 13.2. The van der Waals surface area contributed by atoms with Crippen LogP contribution in [0.3, 0.4) is 0 Å². The Balaban J connectivity index is 0.000000162. The fourth-order valence-electron chi connectivity index (χ4n) is 12.9. The van der Waals surface area contributed by atoms with Crippen molar-refractivity contribution in [1.29, 1.82) is 0 Å². The molecule has 14 rings (SSSR count). The molecule has 0 saturated heterocycles. The zero-order valence-corrected chi connectivity index (χ0v) is 48.8. The van der Waals surface area contributed by atoms with Crippen LogP contribution in [0.2, 0.25) is 0 Å². The number of ether oxygens (including phenoxy) is 4. The average molecular weight is 1150 g/mol. The minimum absolute atomic E-state index is 0.00665. The largest absolute Gasteiger partial charge is 0.497 e. The summed E-state index contributed by atoms with van der Waals surface area (Å²) < 4.78 is 22.6. The zero-order valence-electron chi connectivity index (χ0n) is 48.8. The van der Waals surface area contributed by atoms with Gasteiger partial charge in [0.1, 0.15) is 23.0 Å². The van der Waals surface area contributed by atoms with Crippen molar-refractivity contribution in [3.05, 3.63) is 346 Å². The lowest BCUT2D eigenvalue weighted by atomic mass is 9.68. The van der Waals surface area contributed by atoms with Gasteiger partial charge in [0.25, 0.3) is 0 Å². The first kappa shape index (κ1) is 55.9. The second-order valence-electron chi connectivity index (χ2n) is 22.0. The molecule has 426 valence electrons. The Bertz CT molecular complexity index is 4550. The number of hydrogen-bond donors (Lipinski definition) is 0. The van der Waals surface area contributed by atoms with Gasteiger partial charge in [-0.1, -0.05) is 200 Å². The van der Waals surface area contributed by atoms with E-state index >= 15 is 0 Å². The molecule has 8 heteroatoms. The van der Waals surface area contributed by atoms with Crippen LogP contribution in [0.25, 0.3) is 44.2 Å². The molecule has 0 aliphatic heterocycles. The van der Waals surface area contributed by atoms with Gasteiger partial charge in [0.05, 0.1) is 36.2 Å². The highest BCUT2D eigenvalue weighted by Crippen LogP contribution is 2.58. The van der Waals surface area contributed by atoms with Gasteiger partial charge in [-0.15, -0.1) is 0 Å². The molecular formula is C80H58O8. The molecule has 0 unspecified atom stereocenters. The van der Waals surface area contributed by atoms with Crippen molar-refractivity contribution in [3.8, 4) is 56.4 Å². The molecule has 0 saturated carbocycles. The normalized spacial score (nSPS) is 12.7. The quantitative estimate of drug-likeness (QED) is 0.0639. The minimum atomic E-state index is -0.556. The Hall–Kier alpha value is -11.2. The molecule has 0 atom stereocenters. The van der Waals surface area contributed by atoms with Crippen LogP contribution < -0.4 is 18.9 Å². The van der Waals surface area contributed by atoms with Gasteiger partial charge < -0.3 is 18.9 Å². The average Bonchev–Trinajstić information content (AvgIpc) is 1.56. The van der Waals surface area contributed by atoms with Gasteiger partial charge in [-0.2, -0.15) is 0 Å². The van der Waals surface area contributed by atoms with E-state index in [-0.39, 0.29) is 11.6 Å². The second-order valence-corrected chi connectivity index (χ2v) is 22.0. The van der Waals surface area contributed by atoms with Crippen molar-refractivity contribution in [2.45, 2.75) is 24.7 Å². The van der Waals surface area contributed by atoms with Crippen LogP contribution in [0.5, 0.6) is 23.0 Å². The summed E-state index contributed by atoms with van der Waals surface area (Å²) in [6.07, 6.45) is 0. The molecular weight excluding hydrogens is 1090 g/mol. The standard InChI is InChI=1S/C41H30O4.C39H28O4/c1-27(42)28-11-13-29(14-12-28)30-15-17-31(18-16-30)40(43)45-35-25-21-33(22-26-35)41(32-19-23-34(44-2)24-20-32)38-9-5-3-7-36(38)37-8-4-6-10-39(37)41;1-25(40)26-11-12-28-24-29(14-13-27(28)23-26)38(41)43-33-21-17-31(18-22-33)39(30-15-19-32(42-2)20-16-30)36-9-5-3-7-34(36)35-8-4-6-10-37(35)39/h3-26H,1-2H3;3-24H,1-2H3. The Morgan fingerprint density at radius 3 is 0.909 bits per heavy atom. The van der Waals surface area contributed by atoms with Crippen LogP contribution in [0.1, 0.15) is 99.8 Å².